The molecule has 11 rings (SSSR count). The molecule has 3 aromatic heterocycles. The lowest BCUT2D eigenvalue weighted by Gasteiger charge is -2.26. The van der Waals surface area contributed by atoms with Gasteiger partial charge in [0.1, 0.15) is 5.52 Å². The summed E-state index contributed by atoms with van der Waals surface area (Å²) in [7, 11) is 0. The van der Waals surface area contributed by atoms with E-state index in [0.29, 0.717) is 5.89 Å². The van der Waals surface area contributed by atoms with Crippen LogP contribution in [0.3, 0.4) is 0 Å². The van der Waals surface area contributed by atoms with Gasteiger partial charge in [-0.3, -0.25) is 9.97 Å². The second kappa shape index (κ2) is 14.0. The molecule has 3 heterocycles. The summed E-state index contributed by atoms with van der Waals surface area (Å²) < 4.78 is 6.12. The van der Waals surface area contributed by atoms with E-state index in [4.69, 9.17) is 19.4 Å². The van der Waals surface area contributed by atoms with Crippen LogP contribution in [0.5, 0.6) is 0 Å². The smallest absolute Gasteiger partial charge is 0.227 e. The van der Waals surface area contributed by atoms with Gasteiger partial charge in [-0.1, -0.05) is 103 Å². The highest BCUT2D eigenvalue weighted by molar-refractivity contribution is 5.98. The zero-order valence-corrected chi connectivity index (χ0v) is 31.3. The molecule has 0 unspecified atom stereocenters. The Kier molecular flexibility index (Phi) is 8.07. The molecule has 0 bridgehead atoms. The summed E-state index contributed by atoms with van der Waals surface area (Å²) in [4.78, 5) is 16.8. The molecule has 0 aliphatic heterocycles. The lowest BCUT2D eigenvalue weighted by Crippen LogP contribution is -2.10. The van der Waals surface area contributed by atoms with Crippen molar-refractivity contribution < 1.29 is 4.42 Å². The fourth-order valence-corrected chi connectivity index (χ4v) is 7.97. The first-order valence-electron chi connectivity index (χ1n) is 19.4. The van der Waals surface area contributed by atoms with Crippen molar-refractivity contribution in [2.24, 2.45) is 0 Å². The number of nitrogens with zero attached hydrogens (tertiary/aromatic N) is 4. The molecule has 272 valence electrons. The number of para-hydroxylation sites is 2. The minimum Gasteiger partial charge on any atom is -0.436 e. The van der Waals surface area contributed by atoms with Crippen LogP contribution in [0.1, 0.15) is 0 Å². The van der Waals surface area contributed by atoms with E-state index in [1.54, 1.807) is 0 Å². The SMILES string of the molecule is c1ccc(-c2cc(-c3ccc(N(c4ccc(-c5nc6ccccc6o5)cc4)c4ccc5cc(-c6ccc7ccccc7c6)cnc5c4)cc3)cc3cccnc23)cc1. The van der Waals surface area contributed by atoms with Gasteiger partial charge in [-0.25, -0.2) is 4.98 Å². The number of pyridine rings is 2. The van der Waals surface area contributed by atoms with E-state index in [1.165, 1.54) is 10.8 Å². The summed E-state index contributed by atoms with van der Waals surface area (Å²) in [6, 6.07) is 68.0. The van der Waals surface area contributed by atoms with Gasteiger partial charge in [0.05, 0.1) is 11.0 Å². The van der Waals surface area contributed by atoms with E-state index >= 15 is 0 Å². The molecule has 0 radical (unpaired) electrons. The van der Waals surface area contributed by atoms with Gasteiger partial charge in [0.15, 0.2) is 5.58 Å². The van der Waals surface area contributed by atoms with E-state index in [1.807, 2.05) is 48.8 Å². The summed E-state index contributed by atoms with van der Waals surface area (Å²) in [5, 5.41) is 4.63. The van der Waals surface area contributed by atoms with Crippen LogP contribution in [0, 0.1) is 0 Å². The largest absolute Gasteiger partial charge is 0.436 e. The standard InChI is InChI=1S/C53H34N4O/c1-2-10-37(11-3-1)48-32-43(31-42-13-8-28-54-52(42)48)36-18-23-45(24-19-36)57(46-25-20-38(21-26-46)53-56-49-14-6-7-15-51(49)58-53)47-27-22-41-30-44(34-55-50(41)33-47)40-17-16-35-9-4-5-12-39(35)29-40/h1-34H. The molecule has 58 heavy (non-hydrogen) atoms. The van der Waals surface area contributed by atoms with Gasteiger partial charge in [0.2, 0.25) is 5.89 Å². The van der Waals surface area contributed by atoms with Gasteiger partial charge < -0.3 is 9.32 Å². The Bertz CT molecular complexity index is 3250. The topological polar surface area (TPSA) is 55.1 Å². The first kappa shape index (κ1) is 33.4. The van der Waals surface area contributed by atoms with Crippen LogP contribution in [-0.2, 0) is 0 Å². The van der Waals surface area contributed by atoms with Crippen molar-refractivity contribution in [2.45, 2.75) is 0 Å². The molecular weight excluding hydrogens is 709 g/mol. The predicted molar refractivity (Wildman–Crippen MR) is 239 cm³/mol. The van der Waals surface area contributed by atoms with Crippen molar-refractivity contribution in [3.05, 3.63) is 207 Å². The number of oxazole rings is 1. The minimum absolute atomic E-state index is 0.598. The molecule has 0 aliphatic carbocycles. The summed E-state index contributed by atoms with van der Waals surface area (Å²) in [6.07, 6.45) is 3.84. The second-order valence-electron chi connectivity index (χ2n) is 14.5. The molecule has 5 nitrogen and oxygen atoms in total. The summed E-state index contributed by atoms with van der Waals surface area (Å²) >= 11 is 0. The van der Waals surface area contributed by atoms with Crippen molar-refractivity contribution in [1.82, 2.24) is 15.0 Å². The lowest BCUT2D eigenvalue weighted by molar-refractivity contribution is 0.620. The van der Waals surface area contributed by atoms with Gasteiger partial charge in [0, 0.05) is 56.9 Å². The Labute approximate surface area is 335 Å². The first-order valence-corrected chi connectivity index (χ1v) is 19.4. The van der Waals surface area contributed by atoms with Crippen molar-refractivity contribution in [2.75, 3.05) is 4.90 Å². The van der Waals surface area contributed by atoms with Crippen LogP contribution in [0.2, 0.25) is 0 Å². The van der Waals surface area contributed by atoms with Crippen LogP contribution in [-0.4, -0.2) is 15.0 Å². The van der Waals surface area contributed by atoms with Gasteiger partial charge in [-0.15, -0.1) is 0 Å². The highest BCUT2D eigenvalue weighted by Gasteiger charge is 2.17. The number of hydrogen-bond donors (Lipinski definition) is 0. The van der Waals surface area contributed by atoms with Crippen molar-refractivity contribution in [1.29, 1.82) is 0 Å². The Morgan fingerprint density at radius 3 is 1.86 bits per heavy atom. The molecular formula is C53H34N4O. The second-order valence-corrected chi connectivity index (χ2v) is 14.5. The monoisotopic (exact) mass is 742 g/mol. The third-order valence-electron chi connectivity index (χ3n) is 10.9. The van der Waals surface area contributed by atoms with Gasteiger partial charge in [-0.2, -0.15) is 0 Å². The summed E-state index contributed by atoms with van der Waals surface area (Å²) in [5.41, 5.74) is 14.2. The van der Waals surface area contributed by atoms with Gasteiger partial charge in [0.25, 0.3) is 0 Å². The number of aromatic nitrogens is 3. The number of hydrogen-bond acceptors (Lipinski definition) is 5. The highest BCUT2D eigenvalue weighted by atomic mass is 16.3. The number of fused-ring (bicyclic) bond motifs is 4. The maximum absolute atomic E-state index is 6.12. The van der Waals surface area contributed by atoms with Crippen LogP contribution in [0.4, 0.5) is 17.1 Å². The average molecular weight is 743 g/mol. The zero-order valence-electron chi connectivity index (χ0n) is 31.3. The maximum atomic E-state index is 6.12. The Hall–Kier alpha value is -7.89. The molecule has 0 saturated carbocycles. The van der Waals surface area contributed by atoms with E-state index in [0.717, 1.165) is 88.9 Å². The third-order valence-corrected chi connectivity index (χ3v) is 10.9. The highest BCUT2D eigenvalue weighted by Crippen LogP contribution is 2.40. The minimum atomic E-state index is 0.598. The molecule has 0 amide bonds. The van der Waals surface area contributed by atoms with E-state index in [9.17, 15) is 0 Å². The fourth-order valence-electron chi connectivity index (χ4n) is 7.97. The Morgan fingerprint density at radius 1 is 0.379 bits per heavy atom. The van der Waals surface area contributed by atoms with Gasteiger partial charge >= 0.3 is 0 Å². The van der Waals surface area contributed by atoms with Gasteiger partial charge in [-0.05, 0) is 124 Å². The lowest BCUT2D eigenvalue weighted by atomic mass is 9.95. The molecule has 0 aliphatic rings. The Morgan fingerprint density at radius 2 is 1.03 bits per heavy atom. The normalized spacial score (nSPS) is 11.4. The number of rotatable bonds is 7. The molecule has 0 saturated heterocycles. The first-order chi connectivity index (χ1) is 28.7. The van der Waals surface area contributed by atoms with Crippen LogP contribution in [0.15, 0.2) is 211 Å². The van der Waals surface area contributed by atoms with E-state index in [2.05, 4.69) is 163 Å². The number of benzene rings is 8. The molecule has 8 aromatic carbocycles. The quantitative estimate of drug-likeness (QED) is 0.163. The fraction of sp³-hybridized carbons (Fsp3) is 0. The summed E-state index contributed by atoms with van der Waals surface area (Å²) in [5.74, 6) is 0.598. The van der Waals surface area contributed by atoms with Crippen molar-refractivity contribution in [3.8, 4) is 44.8 Å². The van der Waals surface area contributed by atoms with Crippen molar-refractivity contribution >= 4 is 60.7 Å². The molecule has 0 atom stereocenters. The third kappa shape index (κ3) is 6.12. The molecule has 5 heteroatoms. The van der Waals surface area contributed by atoms with Crippen LogP contribution < -0.4 is 4.90 Å². The van der Waals surface area contributed by atoms with E-state index < -0.39 is 0 Å². The molecule has 0 fully saturated rings. The molecule has 11 aromatic rings. The molecule has 0 N–H and O–H groups in total. The van der Waals surface area contributed by atoms with Crippen LogP contribution >= 0.6 is 0 Å². The molecule has 0 spiro atoms. The average Bonchev–Trinajstić information content (AvgIpc) is 3.74. The van der Waals surface area contributed by atoms with E-state index in [-0.39, 0.29) is 0 Å². The Balaban J connectivity index is 0.988. The van der Waals surface area contributed by atoms with Crippen LogP contribution in [0.25, 0.3) is 88.5 Å². The summed E-state index contributed by atoms with van der Waals surface area (Å²) in [6.45, 7) is 0. The predicted octanol–water partition coefficient (Wildman–Crippen LogP) is 14.2. The number of anilines is 3. The van der Waals surface area contributed by atoms with Crippen molar-refractivity contribution in [3.63, 3.8) is 0 Å². The maximum Gasteiger partial charge on any atom is 0.227 e. The zero-order chi connectivity index (χ0) is 38.4.